The summed E-state index contributed by atoms with van der Waals surface area (Å²) in [6.07, 6.45) is 0. The fraction of sp³-hybridized carbons (Fsp3) is 0.158. The van der Waals surface area contributed by atoms with Crippen LogP contribution in [-0.2, 0) is 4.79 Å². The lowest BCUT2D eigenvalue weighted by Gasteiger charge is -2.15. The van der Waals surface area contributed by atoms with Gasteiger partial charge >= 0.3 is 5.69 Å². The molecule has 0 amide bonds. The van der Waals surface area contributed by atoms with Crippen molar-refractivity contribution in [3.8, 4) is 17.6 Å². The highest BCUT2D eigenvalue weighted by molar-refractivity contribution is 8.03. The highest BCUT2D eigenvalue weighted by Crippen LogP contribution is 2.46. The van der Waals surface area contributed by atoms with Gasteiger partial charge in [0.2, 0.25) is 5.78 Å². The molecular formula is C19H15N3O5S. The predicted molar refractivity (Wildman–Crippen MR) is 103 cm³/mol. The molecule has 1 heterocycles. The Morgan fingerprint density at radius 1 is 1.32 bits per heavy atom. The van der Waals surface area contributed by atoms with Crippen LogP contribution >= 0.6 is 11.8 Å². The minimum Gasteiger partial charge on any atom is -0.496 e. The fourth-order valence-electron chi connectivity index (χ4n) is 2.66. The number of nitrogens with zero attached hydrogens (tertiary/aromatic N) is 3. The summed E-state index contributed by atoms with van der Waals surface area (Å²) in [7, 11) is 3.16. The molecule has 0 aromatic heterocycles. The SMILES string of the molecule is COc1ccc(OCC(=O)C(C#N)=C2Sc3ccccc3N2C)c([N+](=O)[O-])c1. The molecule has 0 aliphatic carbocycles. The van der Waals surface area contributed by atoms with Gasteiger partial charge in [0.15, 0.2) is 12.4 Å². The first-order valence-corrected chi connectivity index (χ1v) is 8.91. The molecular weight excluding hydrogens is 382 g/mol. The van der Waals surface area contributed by atoms with Gasteiger partial charge in [0.05, 0.1) is 23.8 Å². The van der Waals surface area contributed by atoms with Gasteiger partial charge in [0.25, 0.3) is 0 Å². The number of para-hydroxylation sites is 1. The number of carbonyl (C=O) groups excluding carboxylic acids is 1. The zero-order chi connectivity index (χ0) is 20.3. The second-order valence-corrected chi connectivity index (χ2v) is 6.75. The number of anilines is 1. The molecule has 0 saturated carbocycles. The van der Waals surface area contributed by atoms with Crippen molar-refractivity contribution in [2.45, 2.75) is 4.90 Å². The molecule has 142 valence electrons. The summed E-state index contributed by atoms with van der Waals surface area (Å²) < 4.78 is 10.3. The second kappa shape index (κ2) is 8.02. The number of methoxy groups -OCH3 is 1. The third-order valence-corrected chi connectivity index (χ3v) is 5.30. The number of hydrogen-bond donors (Lipinski definition) is 0. The van der Waals surface area contributed by atoms with Crippen LogP contribution in [0.5, 0.6) is 11.5 Å². The Hall–Kier alpha value is -3.51. The van der Waals surface area contributed by atoms with Gasteiger partial charge in [-0.2, -0.15) is 5.26 Å². The summed E-state index contributed by atoms with van der Waals surface area (Å²) >= 11 is 1.32. The number of ketones is 1. The number of ether oxygens (including phenoxy) is 2. The number of rotatable bonds is 6. The Balaban J connectivity index is 1.82. The lowest BCUT2D eigenvalue weighted by Crippen LogP contribution is -2.19. The molecule has 2 aromatic carbocycles. The first kappa shape index (κ1) is 19.3. The van der Waals surface area contributed by atoms with Crippen LogP contribution in [0.15, 0.2) is 58.0 Å². The lowest BCUT2D eigenvalue weighted by molar-refractivity contribution is -0.385. The number of hydrogen-bond acceptors (Lipinski definition) is 8. The van der Waals surface area contributed by atoms with Crippen molar-refractivity contribution in [2.75, 3.05) is 25.7 Å². The quantitative estimate of drug-likeness (QED) is 0.315. The van der Waals surface area contributed by atoms with Crippen molar-refractivity contribution in [3.63, 3.8) is 0 Å². The number of nitro groups is 1. The maximum absolute atomic E-state index is 12.6. The Bertz CT molecular complexity index is 1030. The Kier molecular flexibility index (Phi) is 5.52. The number of thioether (sulfide) groups is 1. The highest BCUT2D eigenvalue weighted by atomic mass is 32.2. The maximum Gasteiger partial charge on any atom is 0.314 e. The first-order valence-electron chi connectivity index (χ1n) is 8.09. The van der Waals surface area contributed by atoms with E-state index < -0.39 is 17.3 Å². The zero-order valence-corrected chi connectivity index (χ0v) is 15.9. The molecule has 1 aliphatic heterocycles. The molecule has 0 atom stereocenters. The van der Waals surface area contributed by atoms with Gasteiger partial charge in [-0.15, -0.1) is 0 Å². The molecule has 0 saturated heterocycles. The van der Waals surface area contributed by atoms with E-state index in [1.165, 1.54) is 37.1 Å². The van der Waals surface area contributed by atoms with E-state index in [4.69, 9.17) is 9.47 Å². The number of Topliss-reactive ketones (excluding diaryl/α,β-unsaturated/α-hetero) is 1. The van der Waals surface area contributed by atoms with Gasteiger partial charge in [-0.1, -0.05) is 23.9 Å². The largest absolute Gasteiger partial charge is 0.496 e. The molecule has 0 spiro atoms. The molecule has 3 rings (SSSR count). The van der Waals surface area contributed by atoms with E-state index in [1.807, 2.05) is 30.3 Å². The van der Waals surface area contributed by atoms with Crippen molar-refractivity contribution in [1.29, 1.82) is 5.26 Å². The average Bonchev–Trinajstić information content (AvgIpc) is 3.03. The van der Waals surface area contributed by atoms with Crippen LogP contribution in [-0.4, -0.2) is 31.5 Å². The summed E-state index contributed by atoms with van der Waals surface area (Å²) in [4.78, 5) is 25.9. The first-order chi connectivity index (χ1) is 13.5. The van der Waals surface area contributed by atoms with Crippen molar-refractivity contribution < 1.29 is 19.2 Å². The lowest BCUT2D eigenvalue weighted by atomic mass is 10.2. The van der Waals surface area contributed by atoms with Crippen molar-refractivity contribution in [2.24, 2.45) is 0 Å². The fourth-order valence-corrected chi connectivity index (χ4v) is 3.82. The van der Waals surface area contributed by atoms with Crippen LogP contribution in [0.4, 0.5) is 11.4 Å². The summed E-state index contributed by atoms with van der Waals surface area (Å²) in [6, 6.07) is 13.5. The number of fused-ring (bicyclic) bond motifs is 1. The van der Waals surface area contributed by atoms with E-state index in [9.17, 15) is 20.2 Å². The van der Waals surface area contributed by atoms with Gasteiger partial charge in [0.1, 0.15) is 22.4 Å². The van der Waals surface area contributed by atoms with Crippen LogP contribution < -0.4 is 14.4 Å². The molecule has 0 unspecified atom stereocenters. The smallest absolute Gasteiger partial charge is 0.314 e. The van der Waals surface area contributed by atoms with E-state index in [1.54, 1.807) is 11.9 Å². The minimum atomic E-state index is -0.622. The van der Waals surface area contributed by atoms with Crippen LogP contribution in [0, 0.1) is 21.4 Å². The summed E-state index contributed by atoms with van der Waals surface area (Å²) in [5, 5.41) is 21.2. The van der Waals surface area contributed by atoms with E-state index in [0.29, 0.717) is 10.8 Å². The maximum atomic E-state index is 12.6. The van der Waals surface area contributed by atoms with E-state index in [0.717, 1.165) is 10.6 Å². The van der Waals surface area contributed by atoms with Gasteiger partial charge in [-0.05, 0) is 24.3 Å². The molecule has 8 nitrogen and oxygen atoms in total. The van der Waals surface area contributed by atoms with E-state index >= 15 is 0 Å². The molecule has 0 fully saturated rings. The third kappa shape index (κ3) is 3.63. The van der Waals surface area contributed by atoms with Gasteiger partial charge < -0.3 is 14.4 Å². The predicted octanol–water partition coefficient (Wildman–Crippen LogP) is 3.53. The van der Waals surface area contributed by atoms with Crippen molar-refractivity contribution >= 4 is 28.9 Å². The molecule has 9 heteroatoms. The molecule has 1 aliphatic rings. The van der Waals surface area contributed by atoms with Crippen LogP contribution in [0.2, 0.25) is 0 Å². The molecule has 0 radical (unpaired) electrons. The number of nitro benzene ring substituents is 1. The molecule has 0 bridgehead atoms. The third-order valence-electron chi connectivity index (χ3n) is 4.06. The van der Waals surface area contributed by atoms with Crippen molar-refractivity contribution in [1.82, 2.24) is 0 Å². The molecule has 2 aromatic rings. The van der Waals surface area contributed by atoms with Gasteiger partial charge in [-0.25, -0.2) is 0 Å². The summed E-state index contributed by atoms with van der Waals surface area (Å²) in [5.74, 6) is -0.334. The highest BCUT2D eigenvalue weighted by Gasteiger charge is 2.28. The Morgan fingerprint density at radius 2 is 2.07 bits per heavy atom. The summed E-state index contributed by atoms with van der Waals surface area (Å²) in [6.45, 7) is -0.496. The van der Waals surface area contributed by atoms with E-state index in [-0.39, 0.29) is 17.0 Å². The number of carbonyl (C=O) groups is 1. The Morgan fingerprint density at radius 3 is 2.71 bits per heavy atom. The normalized spacial score (nSPS) is 14.1. The summed E-state index contributed by atoms with van der Waals surface area (Å²) in [5.41, 5.74) is 0.521. The van der Waals surface area contributed by atoms with E-state index in [2.05, 4.69) is 0 Å². The van der Waals surface area contributed by atoms with Crippen LogP contribution in [0.1, 0.15) is 0 Å². The standard InChI is InChI=1S/C19H15N3O5S/c1-21-14-5-3-4-6-18(14)28-19(21)13(10-20)16(23)11-27-17-8-7-12(26-2)9-15(17)22(24)25/h3-9H,11H2,1-2H3. The van der Waals surface area contributed by atoms with Crippen LogP contribution in [0.25, 0.3) is 0 Å². The van der Waals surface area contributed by atoms with Gasteiger partial charge in [-0.3, -0.25) is 14.9 Å². The van der Waals surface area contributed by atoms with Crippen LogP contribution in [0.3, 0.4) is 0 Å². The second-order valence-electron chi connectivity index (χ2n) is 5.72. The molecule has 0 N–H and O–H groups in total. The number of benzene rings is 2. The monoisotopic (exact) mass is 397 g/mol. The molecule has 28 heavy (non-hydrogen) atoms. The number of nitriles is 1. The average molecular weight is 397 g/mol. The zero-order valence-electron chi connectivity index (χ0n) is 15.0. The Labute approximate surface area is 165 Å². The topological polar surface area (TPSA) is 106 Å². The van der Waals surface area contributed by atoms with Gasteiger partial charge in [0, 0.05) is 11.9 Å². The minimum absolute atomic E-state index is 0.0557. The van der Waals surface area contributed by atoms with Crippen molar-refractivity contribution in [3.05, 3.63) is 63.2 Å².